The van der Waals surface area contributed by atoms with E-state index in [1.54, 1.807) is 7.11 Å². The van der Waals surface area contributed by atoms with Crippen LogP contribution in [0.3, 0.4) is 0 Å². The summed E-state index contributed by atoms with van der Waals surface area (Å²) in [6.07, 6.45) is 3.30. The summed E-state index contributed by atoms with van der Waals surface area (Å²) in [4.78, 5) is 13.5. The number of aliphatic carboxylic acids is 1. The van der Waals surface area contributed by atoms with Gasteiger partial charge in [0.1, 0.15) is 0 Å². The summed E-state index contributed by atoms with van der Waals surface area (Å²) in [7, 11) is 1.72. The lowest BCUT2D eigenvalue weighted by Gasteiger charge is -2.28. The Morgan fingerprint density at radius 2 is 2.31 bits per heavy atom. The number of carboxylic acids is 1. The smallest absolute Gasteiger partial charge is 0.310 e. The first-order valence-electron chi connectivity index (χ1n) is 6.03. The van der Waals surface area contributed by atoms with Gasteiger partial charge in [-0.25, -0.2) is 0 Å². The third-order valence-electron chi connectivity index (χ3n) is 3.99. The predicted molar refractivity (Wildman–Crippen MR) is 60.3 cm³/mol. The highest BCUT2D eigenvalue weighted by atomic mass is 16.5. The average molecular weight is 227 g/mol. The summed E-state index contributed by atoms with van der Waals surface area (Å²) in [6.45, 7) is 4.16. The Balaban J connectivity index is 1.98. The lowest BCUT2D eigenvalue weighted by Crippen LogP contribution is -2.41. The molecular formula is C12H21NO3. The standard InChI is InChI=1S/C12H21NO3/c1-12(11(14)15)5-6-13(8-12)10(7-16-2)9-3-4-9/h9-10H,3-8H2,1-2H3,(H,14,15). The van der Waals surface area contributed by atoms with Crippen molar-refractivity contribution in [3.63, 3.8) is 0 Å². The van der Waals surface area contributed by atoms with Crippen molar-refractivity contribution in [2.45, 2.75) is 32.2 Å². The molecule has 92 valence electrons. The minimum Gasteiger partial charge on any atom is -0.481 e. The number of carboxylic acid groups (broad SMARTS) is 1. The van der Waals surface area contributed by atoms with Crippen molar-refractivity contribution in [2.24, 2.45) is 11.3 Å². The van der Waals surface area contributed by atoms with Crippen molar-refractivity contribution in [1.82, 2.24) is 4.90 Å². The van der Waals surface area contributed by atoms with Gasteiger partial charge in [-0.15, -0.1) is 0 Å². The van der Waals surface area contributed by atoms with Gasteiger partial charge >= 0.3 is 5.97 Å². The zero-order chi connectivity index (χ0) is 11.8. The fraction of sp³-hybridized carbons (Fsp3) is 0.917. The summed E-state index contributed by atoms with van der Waals surface area (Å²) < 4.78 is 5.26. The summed E-state index contributed by atoms with van der Waals surface area (Å²) in [6, 6.07) is 0.436. The van der Waals surface area contributed by atoms with Gasteiger partial charge in [0, 0.05) is 19.7 Å². The highest BCUT2D eigenvalue weighted by Gasteiger charge is 2.45. The molecule has 2 rings (SSSR count). The van der Waals surface area contributed by atoms with Gasteiger partial charge < -0.3 is 9.84 Å². The minimum atomic E-state index is -0.665. The van der Waals surface area contributed by atoms with Gasteiger partial charge in [0.05, 0.1) is 12.0 Å². The van der Waals surface area contributed by atoms with Crippen molar-refractivity contribution in [1.29, 1.82) is 0 Å². The van der Waals surface area contributed by atoms with E-state index in [4.69, 9.17) is 4.74 Å². The van der Waals surface area contributed by atoms with E-state index in [1.165, 1.54) is 12.8 Å². The SMILES string of the molecule is COCC(C1CC1)N1CCC(C)(C(=O)O)C1. The molecule has 0 bridgehead atoms. The number of hydrogen-bond acceptors (Lipinski definition) is 3. The highest BCUT2D eigenvalue weighted by molar-refractivity contribution is 5.74. The van der Waals surface area contributed by atoms with Gasteiger partial charge in [-0.1, -0.05) is 0 Å². The first kappa shape index (κ1) is 11.9. The monoisotopic (exact) mass is 227 g/mol. The van der Waals surface area contributed by atoms with Crippen LogP contribution in [0.2, 0.25) is 0 Å². The van der Waals surface area contributed by atoms with E-state index in [1.807, 2.05) is 6.92 Å². The molecule has 16 heavy (non-hydrogen) atoms. The molecule has 4 nitrogen and oxygen atoms in total. The first-order valence-corrected chi connectivity index (χ1v) is 6.03. The molecule has 2 unspecified atom stereocenters. The van der Waals surface area contributed by atoms with Crippen LogP contribution >= 0.6 is 0 Å². The topological polar surface area (TPSA) is 49.8 Å². The molecule has 1 saturated carbocycles. The maximum absolute atomic E-state index is 11.2. The van der Waals surface area contributed by atoms with E-state index < -0.39 is 11.4 Å². The number of methoxy groups -OCH3 is 1. The largest absolute Gasteiger partial charge is 0.481 e. The fourth-order valence-corrected chi connectivity index (χ4v) is 2.65. The molecule has 0 radical (unpaired) electrons. The van der Waals surface area contributed by atoms with Crippen LogP contribution in [0.1, 0.15) is 26.2 Å². The highest BCUT2D eigenvalue weighted by Crippen LogP contribution is 2.40. The Morgan fingerprint density at radius 1 is 1.62 bits per heavy atom. The van der Waals surface area contributed by atoms with Crippen LogP contribution in [0.4, 0.5) is 0 Å². The average Bonchev–Trinajstić information content (AvgIpc) is 2.98. The zero-order valence-electron chi connectivity index (χ0n) is 10.1. The molecule has 1 aliphatic heterocycles. The third kappa shape index (κ3) is 2.23. The number of carbonyl (C=O) groups is 1. The summed E-state index contributed by atoms with van der Waals surface area (Å²) in [5.74, 6) is 0.0676. The van der Waals surface area contributed by atoms with Crippen LogP contribution in [0, 0.1) is 11.3 Å². The van der Waals surface area contributed by atoms with E-state index in [0.29, 0.717) is 12.6 Å². The molecule has 0 aromatic rings. The molecule has 2 atom stereocenters. The van der Waals surface area contributed by atoms with E-state index in [0.717, 1.165) is 25.5 Å². The van der Waals surface area contributed by atoms with E-state index >= 15 is 0 Å². The Morgan fingerprint density at radius 3 is 2.75 bits per heavy atom. The van der Waals surface area contributed by atoms with Gasteiger partial charge in [0.25, 0.3) is 0 Å². The molecular weight excluding hydrogens is 206 g/mol. The number of nitrogens with zero attached hydrogens (tertiary/aromatic N) is 1. The van der Waals surface area contributed by atoms with E-state index in [2.05, 4.69) is 4.90 Å². The quantitative estimate of drug-likeness (QED) is 0.767. The maximum Gasteiger partial charge on any atom is 0.310 e. The van der Waals surface area contributed by atoms with Gasteiger partial charge in [0.2, 0.25) is 0 Å². The van der Waals surface area contributed by atoms with Crippen molar-refractivity contribution in [3.8, 4) is 0 Å². The molecule has 2 fully saturated rings. The van der Waals surface area contributed by atoms with Crippen molar-refractivity contribution >= 4 is 5.97 Å². The Labute approximate surface area is 96.6 Å². The van der Waals surface area contributed by atoms with Crippen LogP contribution in [-0.4, -0.2) is 48.8 Å². The van der Waals surface area contributed by atoms with E-state index in [9.17, 15) is 9.90 Å². The van der Waals surface area contributed by atoms with Crippen molar-refractivity contribution in [2.75, 3.05) is 26.8 Å². The van der Waals surface area contributed by atoms with Crippen molar-refractivity contribution < 1.29 is 14.6 Å². The van der Waals surface area contributed by atoms with Crippen LogP contribution in [-0.2, 0) is 9.53 Å². The Hall–Kier alpha value is -0.610. The predicted octanol–water partition coefficient (Wildman–Crippen LogP) is 1.21. The number of rotatable bonds is 5. The Kier molecular flexibility index (Phi) is 3.22. The van der Waals surface area contributed by atoms with Gasteiger partial charge in [-0.05, 0) is 38.6 Å². The number of hydrogen-bond donors (Lipinski definition) is 1. The fourth-order valence-electron chi connectivity index (χ4n) is 2.65. The number of ether oxygens (including phenoxy) is 1. The molecule has 1 heterocycles. The maximum atomic E-state index is 11.2. The van der Waals surface area contributed by atoms with E-state index in [-0.39, 0.29) is 0 Å². The molecule has 0 spiro atoms. The molecule has 0 aromatic heterocycles. The van der Waals surface area contributed by atoms with Crippen LogP contribution in [0.25, 0.3) is 0 Å². The van der Waals surface area contributed by atoms with Crippen LogP contribution in [0.15, 0.2) is 0 Å². The van der Waals surface area contributed by atoms with Crippen LogP contribution < -0.4 is 0 Å². The summed E-state index contributed by atoms with van der Waals surface area (Å²) in [5.41, 5.74) is -0.555. The molecule has 1 aliphatic carbocycles. The normalized spacial score (nSPS) is 32.9. The van der Waals surface area contributed by atoms with Gasteiger partial charge in [-0.2, -0.15) is 0 Å². The number of likely N-dealkylation sites (tertiary alicyclic amines) is 1. The lowest BCUT2D eigenvalue weighted by molar-refractivity contribution is -0.147. The first-order chi connectivity index (χ1) is 7.57. The third-order valence-corrected chi connectivity index (χ3v) is 3.99. The van der Waals surface area contributed by atoms with Gasteiger partial charge in [-0.3, -0.25) is 9.69 Å². The second kappa shape index (κ2) is 4.34. The summed E-state index contributed by atoms with van der Waals surface area (Å²) >= 11 is 0. The lowest BCUT2D eigenvalue weighted by atomic mass is 9.90. The molecule has 1 N–H and O–H groups in total. The van der Waals surface area contributed by atoms with Crippen molar-refractivity contribution in [3.05, 3.63) is 0 Å². The second-order valence-electron chi connectivity index (χ2n) is 5.45. The zero-order valence-corrected chi connectivity index (χ0v) is 10.1. The molecule has 2 aliphatic rings. The van der Waals surface area contributed by atoms with Crippen LogP contribution in [0.5, 0.6) is 0 Å². The second-order valence-corrected chi connectivity index (χ2v) is 5.45. The molecule has 4 heteroatoms. The molecule has 1 saturated heterocycles. The summed E-state index contributed by atoms with van der Waals surface area (Å²) in [5, 5.41) is 9.20. The minimum absolute atomic E-state index is 0.436. The van der Waals surface area contributed by atoms with Gasteiger partial charge in [0.15, 0.2) is 0 Å². The molecule has 0 amide bonds. The Bertz CT molecular complexity index is 277. The molecule has 0 aromatic carbocycles.